The van der Waals surface area contributed by atoms with Crippen molar-refractivity contribution in [3.8, 4) is 0 Å². The first-order valence-corrected chi connectivity index (χ1v) is 9.41. The molecule has 0 atom stereocenters. The summed E-state index contributed by atoms with van der Waals surface area (Å²) >= 11 is 0. The van der Waals surface area contributed by atoms with Gasteiger partial charge in [0.05, 0.1) is 0 Å². The van der Waals surface area contributed by atoms with Crippen LogP contribution in [0.15, 0.2) is 29.4 Å². The number of guanidine groups is 1. The summed E-state index contributed by atoms with van der Waals surface area (Å²) in [6.45, 7) is 7.88. The number of nitrogens with one attached hydrogen (secondary N) is 2. The van der Waals surface area contributed by atoms with Gasteiger partial charge in [-0.05, 0) is 38.8 Å². The molecular weight excluding hydrogens is 330 g/mol. The van der Waals surface area contributed by atoms with Crippen molar-refractivity contribution in [1.82, 2.24) is 20.5 Å². The third kappa shape index (κ3) is 9.98. The van der Waals surface area contributed by atoms with E-state index < -0.39 is 0 Å². The van der Waals surface area contributed by atoms with Gasteiger partial charge in [0, 0.05) is 58.2 Å². The van der Waals surface area contributed by atoms with E-state index in [0.29, 0.717) is 12.5 Å². The lowest BCUT2D eigenvalue weighted by molar-refractivity contribution is -0.128. The molecule has 0 unspecified atom stereocenters. The fraction of sp³-hybridized carbons (Fsp3) is 0.632. The van der Waals surface area contributed by atoms with Gasteiger partial charge in [0.15, 0.2) is 5.96 Å². The van der Waals surface area contributed by atoms with Gasteiger partial charge in [-0.3, -0.25) is 9.78 Å². The quantitative estimate of drug-likeness (QED) is 0.334. The van der Waals surface area contributed by atoms with Crippen LogP contribution in [0.4, 0.5) is 0 Å². The van der Waals surface area contributed by atoms with E-state index in [0.717, 1.165) is 51.3 Å². The number of carbonyl (C=O) groups is 1. The Hall–Kier alpha value is -2.15. The third-order valence-corrected chi connectivity index (χ3v) is 3.78. The highest BCUT2D eigenvalue weighted by molar-refractivity contribution is 5.84. The van der Waals surface area contributed by atoms with Crippen molar-refractivity contribution >= 4 is 11.9 Å². The molecule has 0 aliphatic carbocycles. The average Bonchev–Trinajstić information content (AvgIpc) is 2.67. The molecule has 7 nitrogen and oxygen atoms in total. The molecule has 1 heterocycles. The maximum atomic E-state index is 12.2. The molecule has 146 valence electrons. The number of hydrogen-bond donors (Lipinski definition) is 2. The SMILES string of the molecule is CCNC(=NCC(=O)N(C)CCc1ccccn1)NCCCCOCC. The fourth-order valence-electron chi connectivity index (χ4n) is 2.24. The molecule has 7 heteroatoms. The Morgan fingerprint density at radius 3 is 2.81 bits per heavy atom. The summed E-state index contributed by atoms with van der Waals surface area (Å²) in [6.07, 6.45) is 4.52. The van der Waals surface area contributed by atoms with Crippen molar-refractivity contribution in [2.24, 2.45) is 4.99 Å². The van der Waals surface area contributed by atoms with E-state index in [9.17, 15) is 4.79 Å². The second-order valence-electron chi connectivity index (χ2n) is 5.91. The number of likely N-dealkylation sites (N-methyl/N-ethyl adjacent to an activating group) is 1. The van der Waals surface area contributed by atoms with Crippen LogP contribution in [0.25, 0.3) is 0 Å². The summed E-state index contributed by atoms with van der Waals surface area (Å²) < 4.78 is 5.32. The molecule has 1 amide bonds. The average molecular weight is 364 g/mol. The van der Waals surface area contributed by atoms with E-state index in [1.807, 2.05) is 32.0 Å². The number of aliphatic imine (C=N–C) groups is 1. The first-order valence-electron chi connectivity index (χ1n) is 9.41. The maximum Gasteiger partial charge on any atom is 0.244 e. The monoisotopic (exact) mass is 363 g/mol. The number of rotatable bonds is 12. The van der Waals surface area contributed by atoms with Gasteiger partial charge in [0.25, 0.3) is 0 Å². The molecule has 1 rings (SSSR count). The third-order valence-electron chi connectivity index (χ3n) is 3.78. The van der Waals surface area contributed by atoms with Crippen molar-refractivity contribution in [3.05, 3.63) is 30.1 Å². The van der Waals surface area contributed by atoms with Gasteiger partial charge in [0.2, 0.25) is 5.91 Å². The minimum atomic E-state index is -0.00511. The van der Waals surface area contributed by atoms with Crippen molar-refractivity contribution in [2.45, 2.75) is 33.1 Å². The van der Waals surface area contributed by atoms with Gasteiger partial charge >= 0.3 is 0 Å². The van der Waals surface area contributed by atoms with Crippen molar-refractivity contribution in [2.75, 3.05) is 46.4 Å². The summed E-state index contributed by atoms with van der Waals surface area (Å²) in [6, 6.07) is 5.81. The number of hydrogen-bond acceptors (Lipinski definition) is 4. The standard InChI is InChI=1S/C19H33N5O2/c1-4-20-19(22-13-8-9-15-26-5-2)23-16-18(25)24(3)14-11-17-10-6-7-12-21-17/h6-7,10,12H,4-5,8-9,11,13-16H2,1-3H3,(H2,20,22,23). The first kappa shape index (κ1) is 21.9. The second-order valence-corrected chi connectivity index (χ2v) is 5.91. The van der Waals surface area contributed by atoms with Gasteiger partial charge in [0.1, 0.15) is 6.54 Å². The summed E-state index contributed by atoms with van der Waals surface area (Å²) in [5.74, 6) is 0.671. The van der Waals surface area contributed by atoms with Crippen molar-refractivity contribution < 1.29 is 9.53 Å². The maximum absolute atomic E-state index is 12.2. The van der Waals surface area contributed by atoms with Crippen LogP contribution >= 0.6 is 0 Å². The van der Waals surface area contributed by atoms with Crippen LogP contribution in [0.2, 0.25) is 0 Å². The summed E-state index contributed by atoms with van der Waals surface area (Å²) in [5.41, 5.74) is 0.984. The molecule has 0 saturated heterocycles. The Balaban J connectivity index is 2.32. The minimum absolute atomic E-state index is 0.00511. The normalized spacial score (nSPS) is 11.3. The molecular formula is C19H33N5O2. The summed E-state index contributed by atoms with van der Waals surface area (Å²) in [4.78, 5) is 22.6. The molecule has 26 heavy (non-hydrogen) atoms. The molecule has 0 fully saturated rings. The lowest BCUT2D eigenvalue weighted by atomic mass is 10.2. The molecule has 2 N–H and O–H groups in total. The number of amides is 1. The zero-order valence-corrected chi connectivity index (χ0v) is 16.3. The van der Waals surface area contributed by atoms with Crippen LogP contribution in [-0.2, 0) is 16.0 Å². The first-order chi connectivity index (χ1) is 12.7. The van der Waals surface area contributed by atoms with E-state index in [1.54, 1.807) is 18.1 Å². The predicted molar refractivity (Wildman–Crippen MR) is 105 cm³/mol. The number of unbranched alkanes of at least 4 members (excludes halogenated alkanes) is 1. The highest BCUT2D eigenvalue weighted by Crippen LogP contribution is 1.97. The molecule has 0 aliphatic rings. The number of ether oxygens (including phenoxy) is 1. The summed E-state index contributed by atoms with van der Waals surface area (Å²) in [7, 11) is 1.80. The van der Waals surface area contributed by atoms with Gasteiger partial charge < -0.3 is 20.3 Å². The van der Waals surface area contributed by atoms with Gasteiger partial charge in [-0.15, -0.1) is 0 Å². The molecule has 1 aromatic rings. The molecule has 0 radical (unpaired) electrons. The van der Waals surface area contributed by atoms with E-state index in [-0.39, 0.29) is 12.5 Å². The lowest BCUT2D eigenvalue weighted by Gasteiger charge is -2.16. The highest BCUT2D eigenvalue weighted by Gasteiger charge is 2.09. The van der Waals surface area contributed by atoms with Gasteiger partial charge in [-0.2, -0.15) is 0 Å². The van der Waals surface area contributed by atoms with Crippen molar-refractivity contribution in [1.29, 1.82) is 0 Å². The van der Waals surface area contributed by atoms with E-state index in [2.05, 4.69) is 20.6 Å². The fourth-order valence-corrected chi connectivity index (χ4v) is 2.24. The van der Waals surface area contributed by atoms with Crippen LogP contribution in [0, 0.1) is 0 Å². The van der Waals surface area contributed by atoms with Crippen LogP contribution in [0.3, 0.4) is 0 Å². The minimum Gasteiger partial charge on any atom is -0.382 e. The Morgan fingerprint density at radius 1 is 1.27 bits per heavy atom. The molecule has 1 aromatic heterocycles. The Morgan fingerprint density at radius 2 is 2.12 bits per heavy atom. The van der Waals surface area contributed by atoms with E-state index >= 15 is 0 Å². The molecule has 0 spiro atoms. The largest absolute Gasteiger partial charge is 0.382 e. The number of carbonyl (C=O) groups excluding carboxylic acids is 1. The van der Waals surface area contributed by atoms with Crippen LogP contribution in [0.5, 0.6) is 0 Å². The molecule has 0 saturated carbocycles. The van der Waals surface area contributed by atoms with Gasteiger partial charge in [-0.25, -0.2) is 4.99 Å². The van der Waals surface area contributed by atoms with E-state index in [4.69, 9.17) is 4.74 Å². The molecule has 0 bridgehead atoms. The smallest absolute Gasteiger partial charge is 0.244 e. The highest BCUT2D eigenvalue weighted by atomic mass is 16.5. The Labute approximate surface area is 157 Å². The Bertz CT molecular complexity index is 522. The summed E-state index contributed by atoms with van der Waals surface area (Å²) in [5, 5.41) is 6.42. The molecule has 0 aromatic carbocycles. The number of aromatic nitrogens is 1. The molecule has 0 aliphatic heterocycles. The Kier molecular flexibility index (Phi) is 11.8. The van der Waals surface area contributed by atoms with Crippen molar-refractivity contribution in [3.63, 3.8) is 0 Å². The van der Waals surface area contributed by atoms with Crippen LogP contribution in [-0.4, -0.2) is 68.2 Å². The van der Waals surface area contributed by atoms with Crippen LogP contribution in [0.1, 0.15) is 32.4 Å². The second kappa shape index (κ2) is 14.1. The van der Waals surface area contributed by atoms with Crippen LogP contribution < -0.4 is 10.6 Å². The number of pyridine rings is 1. The lowest BCUT2D eigenvalue weighted by Crippen LogP contribution is -2.39. The predicted octanol–water partition coefficient (Wildman–Crippen LogP) is 1.45. The van der Waals surface area contributed by atoms with E-state index in [1.165, 1.54) is 0 Å². The zero-order valence-electron chi connectivity index (χ0n) is 16.3. The number of nitrogens with zero attached hydrogens (tertiary/aromatic N) is 3. The van der Waals surface area contributed by atoms with Gasteiger partial charge in [-0.1, -0.05) is 6.07 Å². The zero-order chi connectivity index (χ0) is 19.0. The topological polar surface area (TPSA) is 78.9 Å².